The van der Waals surface area contributed by atoms with Crippen LogP contribution in [0.15, 0.2) is 23.3 Å². The molecule has 0 aromatic carbocycles. The van der Waals surface area contributed by atoms with Crippen molar-refractivity contribution in [2.45, 2.75) is 170 Å². The highest BCUT2D eigenvalue weighted by Crippen LogP contribution is 2.77. The zero-order valence-electron chi connectivity index (χ0n) is 31.5. The van der Waals surface area contributed by atoms with Gasteiger partial charge < -0.3 is 24.1 Å². The Balaban J connectivity index is 1.30. The van der Waals surface area contributed by atoms with Crippen LogP contribution >= 0.6 is 0 Å². The SMILES string of the molecule is C/C=C(\C)C(=O)O[C@H]1[C@@H]2OC(C)(C)OC[C@]23[C@H](O)C[C@]2(C)C(=CC[C@@H]4[C@@]5(C)CC[C@@H]6OC(C)(C)C[C@]6(C)[C@@H]5CC[C@]42C)[C@@H]3CC1(C)C. The average Bonchev–Trinajstić information content (AvgIpc) is 3.21. The Morgan fingerprint density at radius 2 is 1.64 bits per heavy atom. The van der Waals surface area contributed by atoms with E-state index < -0.39 is 29.5 Å². The standard InChI is InChI=1S/C41H64O6/c1-13-24(2)33(43)45-31-32-41(23-44-36(7,8)47-32)26(20-34(31,3)4)25-14-15-28-37(9)18-17-30-38(10,22-35(5,6)46-30)27(37)16-19-39(28,11)40(25,12)21-29(41)42/h13-14,26-32,42H,15-23H2,1-12H3/b24-13+/t26-,27+,28+,29+,30-,31-,32-,37-,38+,39+,40+,41-/m0/s1. The number of esters is 1. The molecule has 7 aliphatic rings. The first kappa shape index (κ1) is 34.2. The molecule has 12 atom stereocenters. The predicted octanol–water partition coefficient (Wildman–Crippen LogP) is 8.56. The highest BCUT2D eigenvalue weighted by Gasteiger charge is 2.75. The summed E-state index contributed by atoms with van der Waals surface area (Å²) in [6, 6.07) is 0. The monoisotopic (exact) mass is 652 g/mol. The number of hydrogen-bond acceptors (Lipinski definition) is 6. The lowest BCUT2D eigenvalue weighted by Gasteiger charge is -2.73. The molecule has 0 radical (unpaired) electrons. The lowest BCUT2D eigenvalue weighted by Crippen LogP contribution is -2.75. The summed E-state index contributed by atoms with van der Waals surface area (Å²) in [7, 11) is 0. The summed E-state index contributed by atoms with van der Waals surface area (Å²) in [5.41, 5.74) is 1.34. The topological polar surface area (TPSA) is 74.2 Å². The van der Waals surface area contributed by atoms with Crippen molar-refractivity contribution in [3.05, 3.63) is 23.3 Å². The maximum Gasteiger partial charge on any atom is 0.333 e. The fourth-order valence-electron chi connectivity index (χ4n) is 13.7. The van der Waals surface area contributed by atoms with Crippen LogP contribution in [0.2, 0.25) is 0 Å². The second-order valence-electron chi connectivity index (χ2n) is 20.0. The number of carbonyl (C=O) groups is 1. The van der Waals surface area contributed by atoms with Gasteiger partial charge in [0.05, 0.1) is 29.8 Å². The second-order valence-corrected chi connectivity index (χ2v) is 20.0. The Morgan fingerprint density at radius 1 is 0.936 bits per heavy atom. The molecule has 0 unspecified atom stereocenters. The maximum absolute atomic E-state index is 13.3. The quantitative estimate of drug-likeness (QED) is 0.183. The smallest absolute Gasteiger partial charge is 0.333 e. The molecule has 0 bridgehead atoms. The van der Waals surface area contributed by atoms with Crippen molar-refractivity contribution in [3.63, 3.8) is 0 Å². The molecule has 5 aliphatic carbocycles. The first-order chi connectivity index (χ1) is 21.6. The zero-order chi connectivity index (χ0) is 34.4. The van der Waals surface area contributed by atoms with E-state index in [9.17, 15) is 9.90 Å². The summed E-state index contributed by atoms with van der Waals surface area (Å²) >= 11 is 0. The Labute approximate surface area is 284 Å². The van der Waals surface area contributed by atoms with Crippen molar-refractivity contribution in [3.8, 4) is 0 Å². The summed E-state index contributed by atoms with van der Waals surface area (Å²) in [6.45, 7) is 27.3. The molecule has 1 N–H and O–H groups in total. The van der Waals surface area contributed by atoms with E-state index >= 15 is 0 Å². The third kappa shape index (κ3) is 4.45. The van der Waals surface area contributed by atoms with Crippen LogP contribution in [0, 0.1) is 50.2 Å². The molecular formula is C41H64O6. The molecular weight excluding hydrogens is 588 g/mol. The molecule has 6 fully saturated rings. The molecule has 4 saturated carbocycles. The minimum absolute atomic E-state index is 0.0560. The van der Waals surface area contributed by atoms with Crippen molar-refractivity contribution >= 4 is 5.97 Å². The lowest BCUT2D eigenvalue weighted by molar-refractivity contribution is -0.381. The molecule has 1 spiro atoms. The molecule has 6 heteroatoms. The largest absolute Gasteiger partial charge is 0.456 e. The Bertz CT molecular complexity index is 1390. The van der Waals surface area contributed by atoms with E-state index in [0.717, 1.165) is 25.7 Å². The Kier molecular flexibility index (Phi) is 7.43. The van der Waals surface area contributed by atoms with Crippen molar-refractivity contribution in [2.24, 2.45) is 50.2 Å². The van der Waals surface area contributed by atoms with Gasteiger partial charge in [0.1, 0.15) is 12.2 Å². The number of hydrogen-bond donors (Lipinski definition) is 1. The van der Waals surface area contributed by atoms with E-state index in [4.69, 9.17) is 18.9 Å². The molecule has 2 saturated heterocycles. The van der Waals surface area contributed by atoms with Gasteiger partial charge in [-0.25, -0.2) is 4.79 Å². The predicted molar refractivity (Wildman–Crippen MR) is 183 cm³/mol. The minimum atomic E-state index is -0.840. The number of aliphatic hydroxyl groups is 1. The summed E-state index contributed by atoms with van der Waals surface area (Å²) in [6.07, 6.45) is 11.7. The van der Waals surface area contributed by atoms with Gasteiger partial charge in [-0.15, -0.1) is 0 Å². The van der Waals surface area contributed by atoms with E-state index in [1.54, 1.807) is 13.0 Å². The minimum Gasteiger partial charge on any atom is -0.456 e. The number of ether oxygens (including phenoxy) is 4. The van der Waals surface area contributed by atoms with Gasteiger partial charge in [-0.05, 0) is 132 Å². The molecule has 0 aromatic rings. The van der Waals surface area contributed by atoms with Gasteiger partial charge in [0.2, 0.25) is 0 Å². The van der Waals surface area contributed by atoms with Gasteiger partial charge in [-0.3, -0.25) is 0 Å². The summed E-state index contributed by atoms with van der Waals surface area (Å²) < 4.78 is 26.4. The molecule has 7 rings (SSSR count). The number of carbonyl (C=O) groups excluding carboxylic acids is 1. The van der Waals surface area contributed by atoms with E-state index in [1.807, 2.05) is 20.8 Å². The Hall–Kier alpha value is -1.21. The third-order valence-corrected chi connectivity index (χ3v) is 16.2. The number of rotatable bonds is 2. The molecule has 47 heavy (non-hydrogen) atoms. The van der Waals surface area contributed by atoms with Crippen LogP contribution in [0.1, 0.15) is 134 Å². The van der Waals surface area contributed by atoms with Crippen LogP contribution < -0.4 is 0 Å². The number of allylic oxidation sites excluding steroid dienone is 3. The fraction of sp³-hybridized carbons (Fsp3) is 0.878. The normalized spacial score (nSPS) is 52.4. The van der Waals surface area contributed by atoms with Crippen molar-refractivity contribution in [2.75, 3.05) is 6.61 Å². The number of fused-ring (bicyclic) bond motifs is 8. The van der Waals surface area contributed by atoms with Crippen LogP contribution in [0.25, 0.3) is 0 Å². The molecule has 264 valence electrons. The molecule has 2 heterocycles. The van der Waals surface area contributed by atoms with Crippen LogP contribution in [0.3, 0.4) is 0 Å². The van der Waals surface area contributed by atoms with Crippen molar-refractivity contribution in [1.29, 1.82) is 0 Å². The van der Waals surface area contributed by atoms with Gasteiger partial charge in [0, 0.05) is 11.0 Å². The molecule has 0 aromatic heterocycles. The third-order valence-electron chi connectivity index (χ3n) is 16.2. The Morgan fingerprint density at radius 3 is 2.32 bits per heavy atom. The molecule has 0 amide bonds. The second kappa shape index (κ2) is 10.2. The highest BCUT2D eigenvalue weighted by atomic mass is 16.7. The summed E-state index contributed by atoms with van der Waals surface area (Å²) in [5, 5.41) is 12.7. The molecule has 2 aliphatic heterocycles. The van der Waals surface area contributed by atoms with E-state index in [1.165, 1.54) is 24.8 Å². The fourth-order valence-corrected chi connectivity index (χ4v) is 13.7. The van der Waals surface area contributed by atoms with E-state index in [-0.39, 0.29) is 44.6 Å². The van der Waals surface area contributed by atoms with Crippen molar-refractivity contribution in [1.82, 2.24) is 0 Å². The van der Waals surface area contributed by atoms with Gasteiger partial charge in [0.25, 0.3) is 0 Å². The van der Waals surface area contributed by atoms with E-state index in [2.05, 4.69) is 61.5 Å². The van der Waals surface area contributed by atoms with Crippen LogP contribution in [-0.4, -0.2) is 53.5 Å². The van der Waals surface area contributed by atoms with Gasteiger partial charge >= 0.3 is 5.97 Å². The highest BCUT2D eigenvalue weighted by molar-refractivity contribution is 5.87. The van der Waals surface area contributed by atoms with Gasteiger partial charge in [-0.2, -0.15) is 0 Å². The van der Waals surface area contributed by atoms with Crippen molar-refractivity contribution < 1.29 is 28.8 Å². The van der Waals surface area contributed by atoms with Crippen LogP contribution in [-0.2, 0) is 23.7 Å². The van der Waals surface area contributed by atoms with Crippen LogP contribution in [0.5, 0.6) is 0 Å². The zero-order valence-corrected chi connectivity index (χ0v) is 31.5. The van der Waals surface area contributed by atoms with Gasteiger partial charge in [0.15, 0.2) is 5.79 Å². The maximum atomic E-state index is 13.3. The first-order valence-corrected chi connectivity index (χ1v) is 18.8. The number of aliphatic hydroxyl groups excluding tert-OH is 1. The average molecular weight is 653 g/mol. The van der Waals surface area contributed by atoms with E-state index in [0.29, 0.717) is 36.5 Å². The van der Waals surface area contributed by atoms with Gasteiger partial charge in [-0.1, -0.05) is 59.3 Å². The van der Waals surface area contributed by atoms with Crippen LogP contribution in [0.4, 0.5) is 0 Å². The summed E-state index contributed by atoms with van der Waals surface area (Å²) in [4.78, 5) is 13.3. The first-order valence-electron chi connectivity index (χ1n) is 18.8. The lowest BCUT2D eigenvalue weighted by atomic mass is 9.32. The summed E-state index contributed by atoms with van der Waals surface area (Å²) in [5.74, 6) is 0.119. The molecule has 6 nitrogen and oxygen atoms in total.